The van der Waals surface area contributed by atoms with Gasteiger partial charge in [0.15, 0.2) is 5.82 Å². The lowest BCUT2D eigenvalue weighted by atomic mass is 9.74. The number of tetrazole rings is 1. The molecule has 0 amide bonds. The van der Waals surface area contributed by atoms with Crippen molar-refractivity contribution in [3.8, 4) is 11.4 Å². The summed E-state index contributed by atoms with van der Waals surface area (Å²) < 4.78 is 14.9. The first-order chi connectivity index (χ1) is 18.8. The van der Waals surface area contributed by atoms with Crippen LogP contribution in [0.2, 0.25) is 0 Å². The maximum atomic E-state index is 6.47. The van der Waals surface area contributed by atoms with Crippen LogP contribution in [0.15, 0.2) is 115 Å². The second kappa shape index (κ2) is 9.60. The summed E-state index contributed by atoms with van der Waals surface area (Å²) in [5, 5.41) is 13.6. The summed E-state index contributed by atoms with van der Waals surface area (Å²) in [6.45, 7) is 8.24. The number of hydrogen-bond acceptors (Lipinski definition) is 5. The third kappa shape index (κ3) is 4.09. The SMILES string of the molecule is CC1(C)OB(c2ccccc2-c2nnnn2C(c2ccccc2)(c2ccccc2)c2ccccc2)OC1(C)C. The minimum atomic E-state index is -0.842. The first kappa shape index (κ1) is 25.2. The minimum Gasteiger partial charge on any atom is -0.399 e. The average molecular weight is 514 g/mol. The van der Waals surface area contributed by atoms with Crippen LogP contribution in [0.1, 0.15) is 44.4 Å². The lowest BCUT2D eigenvalue weighted by molar-refractivity contribution is 0.00578. The van der Waals surface area contributed by atoms with Crippen molar-refractivity contribution in [3.63, 3.8) is 0 Å². The fourth-order valence-corrected chi connectivity index (χ4v) is 5.36. The van der Waals surface area contributed by atoms with Crippen molar-refractivity contribution in [2.24, 2.45) is 0 Å². The average Bonchev–Trinajstić information content (AvgIpc) is 3.52. The van der Waals surface area contributed by atoms with Gasteiger partial charge in [0.1, 0.15) is 5.54 Å². The third-order valence-electron chi connectivity index (χ3n) is 8.07. The van der Waals surface area contributed by atoms with Crippen LogP contribution in [-0.4, -0.2) is 38.5 Å². The molecule has 194 valence electrons. The van der Waals surface area contributed by atoms with Crippen molar-refractivity contribution in [2.45, 2.75) is 44.4 Å². The molecule has 1 aliphatic heterocycles. The van der Waals surface area contributed by atoms with E-state index in [9.17, 15) is 0 Å². The standard InChI is InChI=1S/C32H31BN4O2/c1-30(2)31(3,4)39-33(38-30)28-23-15-14-22-27(28)29-34-35-36-37(29)32(24-16-8-5-9-17-24,25-18-10-6-11-19-25)26-20-12-7-13-21-26/h5-23H,1-4H3. The molecule has 1 aliphatic rings. The van der Waals surface area contributed by atoms with Crippen molar-refractivity contribution < 1.29 is 9.31 Å². The van der Waals surface area contributed by atoms with Gasteiger partial charge in [0.25, 0.3) is 0 Å². The van der Waals surface area contributed by atoms with E-state index in [-0.39, 0.29) is 0 Å². The molecule has 7 heteroatoms. The molecule has 0 atom stereocenters. The lowest BCUT2D eigenvalue weighted by Gasteiger charge is -2.36. The summed E-state index contributed by atoms with van der Waals surface area (Å²) in [5.74, 6) is 0.622. The van der Waals surface area contributed by atoms with Crippen molar-refractivity contribution >= 4 is 12.6 Å². The van der Waals surface area contributed by atoms with Gasteiger partial charge in [-0.1, -0.05) is 115 Å². The molecule has 1 fully saturated rings. The summed E-state index contributed by atoms with van der Waals surface area (Å²) >= 11 is 0. The molecule has 4 aromatic carbocycles. The smallest absolute Gasteiger partial charge is 0.399 e. The molecular formula is C32H31BN4O2. The Bertz CT molecular complexity index is 1460. The number of rotatable bonds is 6. The summed E-state index contributed by atoms with van der Waals surface area (Å²) in [4.78, 5) is 0. The summed E-state index contributed by atoms with van der Waals surface area (Å²) in [7, 11) is -0.559. The highest BCUT2D eigenvalue weighted by atomic mass is 16.7. The molecule has 1 aromatic heterocycles. The second-order valence-corrected chi connectivity index (χ2v) is 10.9. The van der Waals surface area contributed by atoms with Crippen LogP contribution in [0.5, 0.6) is 0 Å². The normalized spacial score (nSPS) is 16.4. The van der Waals surface area contributed by atoms with Crippen LogP contribution in [-0.2, 0) is 14.8 Å². The zero-order valence-corrected chi connectivity index (χ0v) is 22.7. The topological polar surface area (TPSA) is 62.1 Å². The zero-order chi connectivity index (χ0) is 27.1. The quantitative estimate of drug-likeness (QED) is 0.222. The summed E-state index contributed by atoms with van der Waals surface area (Å²) in [6.07, 6.45) is 0. The van der Waals surface area contributed by atoms with E-state index < -0.39 is 23.9 Å². The van der Waals surface area contributed by atoms with Gasteiger partial charge in [-0.3, -0.25) is 0 Å². The van der Waals surface area contributed by atoms with Crippen LogP contribution in [0.3, 0.4) is 0 Å². The van der Waals surface area contributed by atoms with Gasteiger partial charge in [-0.25, -0.2) is 4.68 Å². The second-order valence-electron chi connectivity index (χ2n) is 10.9. The van der Waals surface area contributed by atoms with Gasteiger partial charge >= 0.3 is 7.12 Å². The molecule has 5 aromatic rings. The van der Waals surface area contributed by atoms with Gasteiger partial charge in [-0.05, 0) is 60.3 Å². The lowest BCUT2D eigenvalue weighted by Crippen LogP contribution is -2.41. The van der Waals surface area contributed by atoms with E-state index in [0.717, 1.165) is 27.7 Å². The van der Waals surface area contributed by atoms with Crippen molar-refractivity contribution in [1.82, 2.24) is 20.2 Å². The Hall–Kier alpha value is -4.07. The van der Waals surface area contributed by atoms with E-state index in [0.29, 0.717) is 5.82 Å². The van der Waals surface area contributed by atoms with Gasteiger partial charge in [-0.2, -0.15) is 0 Å². The molecule has 0 bridgehead atoms. The highest BCUT2D eigenvalue weighted by molar-refractivity contribution is 6.63. The molecule has 0 radical (unpaired) electrons. The van der Waals surface area contributed by atoms with Crippen LogP contribution >= 0.6 is 0 Å². The molecule has 0 aliphatic carbocycles. The van der Waals surface area contributed by atoms with Gasteiger partial charge in [0, 0.05) is 5.56 Å². The monoisotopic (exact) mass is 514 g/mol. The van der Waals surface area contributed by atoms with Gasteiger partial charge in [0.2, 0.25) is 0 Å². The molecule has 6 nitrogen and oxygen atoms in total. The Morgan fingerprint density at radius 2 is 1.05 bits per heavy atom. The van der Waals surface area contributed by atoms with E-state index >= 15 is 0 Å². The highest BCUT2D eigenvalue weighted by Gasteiger charge is 2.52. The van der Waals surface area contributed by atoms with Crippen LogP contribution in [0.4, 0.5) is 0 Å². The zero-order valence-electron chi connectivity index (χ0n) is 22.7. The number of nitrogens with zero attached hydrogens (tertiary/aromatic N) is 4. The van der Waals surface area contributed by atoms with E-state index in [2.05, 4.69) is 111 Å². The van der Waals surface area contributed by atoms with Crippen LogP contribution < -0.4 is 5.46 Å². The minimum absolute atomic E-state index is 0.474. The molecule has 0 saturated carbocycles. The highest BCUT2D eigenvalue weighted by Crippen LogP contribution is 2.42. The molecule has 0 N–H and O–H groups in total. The summed E-state index contributed by atoms with van der Waals surface area (Å²) in [6, 6.07) is 39.2. The Labute approximate surface area is 229 Å². The fourth-order valence-electron chi connectivity index (χ4n) is 5.36. The molecule has 0 spiro atoms. The number of benzene rings is 4. The van der Waals surface area contributed by atoms with Gasteiger partial charge in [0.05, 0.1) is 11.2 Å². The van der Waals surface area contributed by atoms with E-state index in [1.165, 1.54) is 0 Å². The molecule has 2 heterocycles. The summed E-state index contributed by atoms with van der Waals surface area (Å²) in [5.41, 5.74) is 3.09. The maximum Gasteiger partial charge on any atom is 0.495 e. The molecule has 1 saturated heterocycles. The van der Waals surface area contributed by atoms with E-state index in [1.807, 2.05) is 47.1 Å². The largest absolute Gasteiger partial charge is 0.495 e. The number of aromatic nitrogens is 4. The Morgan fingerprint density at radius 1 is 0.615 bits per heavy atom. The molecule has 39 heavy (non-hydrogen) atoms. The predicted octanol–water partition coefficient (Wildman–Crippen LogP) is 5.48. The predicted molar refractivity (Wildman–Crippen MR) is 154 cm³/mol. The number of hydrogen-bond donors (Lipinski definition) is 0. The third-order valence-corrected chi connectivity index (χ3v) is 8.07. The molecule has 0 unspecified atom stereocenters. The first-order valence-corrected chi connectivity index (χ1v) is 13.2. The van der Waals surface area contributed by atoms with Crippen LogP contribution in [0.25, 0.3) is 11.4 Å². The Morgan fingerprint density at radius 3 is 1.54 bits per heavy atom. The van der Waals surface area contributed by atoms with Crippen LogP contribution in [0, 0.1) is 0 Å². The molecule has 6 rings (SSSR count). The van der Waals surface area contributed by atoms with Gasteiger partial charge in [-0.15, -0.1) is 5.10 Å². The Kier molecular flexibility index (Phi) is 6.21. The van der Waals surface area contributed by atoms with E-state index in [1.54, 1.807) is 0 Å². The van der Waals surface area contributed by atoms with Gasteiger partial charge < -0.3 is 9.31 Å². The van der Waals surface area contributed by atoms with Crippen molar-refractivity contribution in [3.05, 3.63) is 132 Å². The van der Waals surface area contributed by atoms with Crippen molar-refractivity contribution in [1.29, 1.82) is 0 Å². The van der Waals surface area contributed by atoms with E-state index in [4.69, 9.17) is 14.5 Å². The molecular weight excluding hydrogens is 483 g/mol. The first-order valence-electron chi connectivity index (χ1n) is 13.2. The van der Waals surface area contributed by atoms with Crippen molar-refractivity contribution in [2.75, 3.05) is 0 Å². The Balaban J connectivity index is 1.63. The maximum absolute atomic E-state index is 6.47. The fraction of sp³-hybridized carbons (Fsp3) is 0.219.